The number of ether oxygens (including phenoxy) is 1. The summed E-state index contributed by atoms with van der Waals surface area (Å²) < 4.78 is 10.9. The molecule has 0 saturated carbocycles. The SMILES string of the molecule is CCNC(=NCC(c1ccco1)N1CCCCC1)NCCc1ccc(O)c(OC)c1. The number of phenolic OH excluding ortho intramolecular Hbond substituents is 1. The van der Waals surface area contributed by atoms with Crippen LogP contribution in [0.1, 0.15) is 43.6 Å². The molecule has 2 heterocycles. The number of benzene rings is 1. The fourth-order valence-corrected chi connectivity index (χ4v) is 3.82. The monoisotopic (exact) mass is 414 g/mol. The standard InChI is InChI=1S/C23H34N4O3/c1-3-24-23(25-12-11-18-9-10-20(28)22(16-18)29-2)26-17-19(21-8-7-15-30-21)27-13-5-4-6-14-27/h7-10,15-16,19,28H,3-6,11-14,17H2,1-2H3,(H2,24,25,26). The molecule has 0 bridgehead atoms. The van der Waals surface area contributed by atoms with Gasteiger partial charge in [-0.3, -0.25) is 9.89 Å². The van der Waals surface area contributed by atoms with Gasteiger partial charge in [-0.2, -0.15) is 0 Å². The maximum atomic E-state index is 9.74. The number of phenols is 1. The second kappa shape index (κ2) is 11.5. The van der Waals surface area contributed by atoms with E-state index in [1.807, 2.05) is 24.3 Å². The highest BCUT2D eigenvalue weighted by Gasteiger charge is 2.24. The quantitative estimate of drug-likeness (QED) is 0.431. The summed E-state index contributed by atoms with van der Waals surface area (Å²) in [5.74, 6) is 2.44. The molecule has 1 aliphatic rings. The molecule has 3 N–H and O–H groups in total. The van der Waals surface area contributed by atoms with Gasteiger partial charge in [0.25, 0.3) is 0 Å². The molecular formula is C23H34N4O3. The Bertz CT molecular complexity index is 786. The number of guanidine groups is 1. The predicted molar refractivity (Wildman–Crippen MR) is 119 cm³/mol. The number of piperidine rings is 1. The van der Waals surface area contributed by atoms with Crippen LogP contribution in [0.3, 0.4) is 0 Å². The first-order valence-electron chi connectivity index (χ1n) is 10.9. The van der Waals surface area contributed by atoms with Crippen LogP contribution >= 0.6 is 0 Å². The number of rotatable bonds is 9. The molecule has 30 heavy (non-hydrogen) atoms. The fourth-order valence-electron chi connectivity index (χ4n) is 3.82. The van der Waals surface area contributed by atoms with E-state index in [1.165, 1.54) is 19.3 Å². The number of furan rings is 1. The van der Waals surface area contributed by atoms with E-state index < -0.39 is 0 Å². The van der Waals surface area contributed by atoms with Crippen molar-refractivity contribution in [3.8, 4) is 11.5 Å². The number of hydrogen-bond donors (Lipinski definition) is 3. The summed E-state index contributed by atoms with van der Waals surface area (Å²) in [5.41, 5.74) is 1.09. The molecular weight excluding hydrogens is 380 g/mol. The summed E-state index contributed by atoms with van der Waals surface area (Å²) in [6.45, 7) is 6.43. The smallest absolute Gasteiger partial charge is 0.191 e. The highest BCUT2D eigenvalue weighted by atomic mass is 16.5. The summed E-state index contributed by atoms with van der Waals surface area (Å²) in [7, 11) is 1.56. The first kappa shape index (κ1) is 22.0. The normalized spacial score (nSPS) is 16.3. The van der Waals surface area contributed by atoms with Gasteiger partial charge in [0.1, 0.15) is 5.76 Å². The van der Waals surface area contributed by atoms with Crippen LogP contribution in [0.15, 0.2) is 46.0 Å². The van der Waals surface area contributed by atoms with Crippen molar-refractivity contribution >= 4 is 5.96 Å². The maximum Gasteiger partial charge on any atom is 0.191 e. The van der Waals surface area contributed by atoms with Gasteiger partial charge in [0.2, 0.25) is 0 Å². The zero-order chi connectivity index (χ0) is 21.2. The van der Waals surface area contributed by atoms with Crippen LogP contribution in [-0.2, 0) is 6.42 Å². The minimum Gasteiger partial charge on any atom is -0.504 e. The molecule has 1 unspecified atom stereocenters. The van der Waals surface area contributed by atoms with E-state index in [1.54, 1.807) is 19.4 Å². The van der Waals surface area contributed by atoms with Gasteiger partial charge >= 0.3 is 0 Å². The number of methoxy groups -OCH3 is 1. The minimum atomic E-state index is 0.158. The Hall–Kier alpha value is -2.67. The number of nitrogens with zero attached hydrogens (tertiary/aromatic N) is 2. The fraction of sp³-hybridized carbons (Fsp3) is 0.522. The van der Waals surface area contributed by atoms with E-state index in [0.717, 1.165) is 49.9 Å². The van der Waals surface area contributed by atoms with Gasteiger partial charge in [-0.25, -0.2) is 0 Å². The largest absolute Gasteiger partial charge is 0.504 e. The molecule has 7 heteroatoms. The van der Waals surface area contributed by atoms with Gasteiger partial charge in [-0.05, 0) is 69.1 Å². The van der Waals surface area contributed by atoms with Crippen molar-refractivity contribution in [3.63, 3.8) is 0 Å². The average Bonchev–Trinajstić information content (AvgIpc) is 3.30. The maximum absolute atomic E-state index is 9.74. The van der Waals surface area contributed by atoms with E-state index in [9.17, 15) is 5.11 Å². The summed E-state index contributed by atoms with van der Waals surface area (Å²) in [4.78, 5) is 7.34. The lowest BCUT2D eigenvalue weighted by atomic mass is 10.1. The van der Waals surface area contributed by atoms with Gasteiger partial charge in [0.05, 0.1) is 26.0 Å². The summed E-state index contributed by atoms with van der Waals surface area (Å²) in [6, 6.07) is 9.60. The molecule has 3 rings (SSSR count). The van der Waals surface area contributed by atoms with Crippen LogP contribution in [-0.4, -0.2) is 55.8 Å². The predicted octanol–water partition coefficient (Wildman–Crippen LogP) is 3.32. The summed E-state index contributed by atoms with van der Waals surface area (Å²) in [5, 5.41) is 16.5. The number of aromatic hydroxyl groups is 1. The van der Waals surface area contributed by atoms with Crippen molar-refractivity contribution in [2.45, 2.75) is 38.6 Å². The van der Waals surface area contributed by atoms with Gasteiger partial charge in [-0.15, -0.1) is 0 Å². The van der Waals surface area contributed by atoms with Crippen molar-refractivity contribution in [2.24, 2.45) is 4.99 Å². The first-order chi connectivity index (χ1) is 14.7. The van der Waals surface area contributed by atoms with Crippen molar-refractivity contribution in [1.82, 2.24) is 15.5 Å². The van der Waals surface area contributed by atoms with E-state index >= 15 is 0 Å². The second-order valence-electron chi connectivity index (χ2n) is 7.53. The Kier molecular flexibility index (Phi) is 8.44. The van der Waals surface area contributed by atoms with Crippen LogP contribution in [0, 0.1) is 0 Å². The van der Waals surface area contributed by atoms with Crippen LogP contribution in [0.5, 0.6) is 11.5 Å². The molecule has 2 aromatic rings. The van der Waals surface area contributed by atoms with E-state index in [-0.39, 0.29) is 11.8 Å². The Morgan fingerprint density at radius 1 is 1.23 bits per heavy atom. The van der Waals surface area contributed by atoms with Crippen molar-refractivity contribution < 1.29 is 14.3 Å². The van der Waals surface area contributed by atoms with E-state index in [4.69, 9.17) is 14.1 Å². The zero-order valence-electron chi connectivity index (χ0n) is 18.1. The topological polar surface area (TPSA) is 82.3 Å². The average molecular weight is 415 g/mol. The highest BCUT2D eigenvalue weighted by Crippen LogP contribution is 2.27. The molecule has 0 radical (unpaired) electrons. The van der Waals surface area contributed by atoms with E-state index in [0.29, 0.717) is 12.3 Å². The molecule has 164 valence electrons. The lowest BCUT2D eigenvalue weighted by Crippen LogP contribution is -2.40. The zero-order valence-corrected chi connectivity index (χ0v) is 18.1. The molecule has 0 aliphatic carbocycles. The van der Waals surface area contributed by atoms with Crippen molar-refractivity contribution in [3.05, 3.63) is 47.9 Å². The summed E-state index contributed by atoms with van der Waals surface area (Å²) in [6.07, 6.45) is 6.31. The molecule has 1 fully saturated rings. The number of nitrogens with one attached hydrogen (secondary N) is 2. The first-order valence-corrected chi connectivity index (χ1v) is 10.9. The van der Waals surface area contributed by atoms with Crippen LogP contribution in [0.25, 0.3) is 0 Å². The van der Waals surface area contributed by atoms with Gasteiger partial charge in [0.15, 0.2) is 17.5 Å². The third-order valence-corrected chi connectivity index (χ3v) is 5.42. The minimum absolute atomic E-state index is 0.158. The van der Waals surface area contributed by atoms with E-state index in [2.05, 4.69) is 22.5 Å². The van der Waals surface area contributed by atoms with Gasteiger partial charge < -0.3 is 24.9 Å². The Morgan fingerprint density at radius 2 is 2.07 bits per heavy atom. The Labute approximate surface area is 179 Å². The molecule has 0 amide bonds. The molecule has 1 aliphatic heterocycles. The molecule has 1 aromatic carbocycles. The number of likely N-dealkylation sites (tertiary alicyclic amines) is 1. The second-order valence-corrected chi connectivity index (χ2v) is 7.53. The summed E-state index contributed by atoms with van der Waals surface area (Å²) >= 11 is 0. The third-order valence-electron chi connectivity index (χ3n) is 5.42. The highest BCUT2D eigenvalue weighted by molar-refractivity contribution is 5.79. The van der Waals surface area contributed by atoms with Crippen LogP contribution in [0.2, 0.25) is 0 Å². The third kappa shape index (κ3) is 6.16. The van der Waals surface area contributed by atoms with Crippen molar-refractivity contribution in [1.29, 1.82) is 0 Å². The van der Waals surface area contributed by atoms with Crippen LogP contribution in [0.4, 0.5) is 0 Å². The Morgan fingerprint density at radius 3 is 2.77 bits per heavy atom. The Balaban J connectivity index is 1.60. The molecule has 1 atom stereocenters. The molecule has 7 nitrogen and oxygen atoms in total. The number of aliphatic imine (C=N–C) groups is 1. The van der Waals surface area contributed by atoms with Crippen LogP contribution < -0.4 is 15.4 Å². The lowest BCUT2D eigenvalue weighted by Gasteiger charge is -2.32. The van der Waals surface area contributed by atoms with Crippen molar-refractivity contribution in [2.75, 3.05) is 39.8 Å². The number of hydrogen-bond acceptors (Lipinski definition) is 5. The molecule has 1 saturated heterocycles. The molecule has 1 aromatic heterocycles. The molecule has 0 spiro atoms. The lowest BCUT2D eigenvalue weighted by molar-refractivity contribution is 0.150. The van der Waals surface area contributed by atoms with Gasteiger partial charge in [-0.1, -0.05) is 12.5 Å². The van der Waals surface area contributed by atoms with Gasteiger partial charge in [0, 0.05) is 13.1 Å².